The largest absolute Gasteiger partial charge is 0.467 e. The Kier molecular flexibility index (Phi) is 7.42. The summed E-state index contributed by atoms with van der Waals surface area (Å²) in [5, 5.41) is 2.62. The van der Waals surface area contributed by atoms with Gasteiger partial charge in [0.05, 0.1) is 7.11 Å². The highest BCUT2D eigenvalue weighted by Crippen LogP contribution is 2.28. The fourth-order valence-electron chi connectivity index (χ4n) is 2.79. The summed E-state index contributed by atoms with van der Waals surface area (Å²) in [5.74, 6) is -0.616. The van der Waals surface area contributed by atoms with Crippen molar-refractivity contribution in [3.05, 3.63) is 28.8 Å². The summed E-state index contributed by atoms with van der Waals surface area (Å²) in [5.41, 5.74) is 2.89. The van der Waals surface area contributed by atoms with Crippen molar-refractivity contribution in [1.82, 2.24) is 5.32 Å². The molecular formula is C18H25NO5. The molecule has 0 radical (unpaired) electrons. The minimum atomic E-state index is -0.748. The summed E-state index contributed by atoms with van der Waals surface area (Å²) in [4.78, 5) is 34.5. The Morgan fingerprint density at radius 2 is 1.71 bits per heavy atom. The molecule has 1 aromatic rings. The van der Waals surface area contributed by atoms with E-state index >= 15 is 0 Å². The van der Waals surface area contributed by atoms with Crippen LogP contribution in [0.4, 0.5) is 0 Å². The molecule has 0 fully saturated rings. The molecule has 0 aromatic heterocycles. The fourth-order valence-corrected chi connectivity index (χ4v) is 2.79. The monoisotopic (exact) mass is 335 g/mol. The molecule has 24 heavy (non-hydrogen) atoms. The first-order chi connectivity index (χ1) is 11.3. The number of benzene rings is 1. The van der Waals surface area contributed by atoms with Crippen molar-refractivity contribution in [3.8, 4) is 5.75 Å². The lowest BCUT2D eigenvalue weighted by Gasteiger charge is -2.20. The minimum absolute atomic E-state index is 0.296. The van der Waals surface area contributed by atoms with Crippen LogP contribution in [-0.4, -0.2) is 31.0 Å². The maximum Gasteiger partial charge on any atom is 0.328 e. The van der Waals surface area contributed by atoms with Crippen molar-refractivity contribution in [2.24, 2.45) is 0 Å². The number of methoxy groups -OCH3 is 1. The average Bonchev–Trinajstić information content (AvgIpc) is 2.53. The van der Waals surface area contributed by atoms with Crippen LogP contribution in [0, 0.1) is 0 Å². The number of nitrogens with one attached hydrogen (secondary N) is 1. The highest BCUT2D eigenvalue weighted by molar-refractivity contribution is 5.83. The maximum atomic E-state index is 11.9. The summed E-state index contributed by atoms with van der Waals surface area (Å²) in [6, 6.07) is 2.81. The number of carbonyl (C=O) groups excluding carboxylic acids is 3. The molecule has 1 amide bonds. The summed E-state index contributed by atoms with van der Waals surface area (Å²) in [6.45, 7) is 6.71. The van der Waals surface area contributed by atoms with Gasteiger partial charge >= 0.3 is 11.9 Å². The molecule has 132 valence electrons. The van der Waals surface area contributed by atoms with Crippen LogP contribution in [0.1, 0.15) is 44.4 Å². The third-order valence-corrected chi connectivity index (χ3v) is 3.73. The number of carbonyl (C=O) groups is 3. The number of esters is 2. The minimum Gasteiger partial charge on any atom is -0.467 e. The van der Waals surface area contributed by atoms with E-state index in [0.29, 0.717) is 18.6 Å². The Bertz CT molecular complexity index is 624. The summed E-state index contributed by atoms with van der Waals surface area (Å²) >= 11 is 0. The van der Waals surface area contributed by atoms with Gasteiger partial charge in [0.1, 0.15) is 11.8 Å². The van der Waals surface area contributed by atoms with Crippen molar-refractivity contribution in [3.63, 3.8) is 0 Å². The first-order valence-electron chi connectivity index (χ1n) is 8.00. The Labute approximate surface area is 142 Å². The highest BCUT2D eigenvalue weighted by atomic mass is 16.5. The van der Waals surface area contributed by atoms with Crippen LogP contribution in [0.3, 0.4) is 0 Å². The van der Waals surface area contributed by atoms with Crippen LogP contribution in [-0.2, 0) is 38.4 Å². The predicted octanol–water partition coefficient (Wildman–Crippen LogP) is 1.96. The van der Waals surface area contributed by atoms with Gasteiger partial charge in [0.15, 0.2) is 0 Å². The van der Waals surface area contributed by atoms with Gasteiger partial charge in [-0.25, -0.2) is 4.79 Å². The second kappa shape index (κ2) is 9.05. The van der Waals surface area contributed by atoms with E-state index in [1.165, 1.54) is 21.0 Å². The third kappa shape index (κ3) is 5.08. The molecule has 1 atom stereocenters. The Hall–Kier alpha value is -2.37. The summed E-state index contributed by atoms with van der Waals surface area (Å²) in [6.07, 6.45) is 1.74. The van der Waals surface area contributed by atoms with E-state index in [2.05, 4.69) is 5.32 Å². The zero-order valence-electron chi connectivity index (χ0n) is 14.9. The molecule has 0 bridgehead atoms. The molecule has 0 unspecified atom stereocenters. The molecule has 0 saturated heterocycles. The van der Waals surface area contributed by atoms with E-state index in [0.717, 1.165) is 23.1 Å². The smallest absolute Gasteiger partial charge is 0.328 e. The van der Waals surface area contributed by atoms with Gasteiger partial charge in [-0.3, -0.25) is 9.59 Å². The number of amides is 1. The molecule has 1 aromatic carbocycles. The Morgan fingerprint density at radius 1 is 1.08 bits per heavy atom. The van der Waals surface area contributed by atoms with Crippen molar-refractivity contribution >= 4 is 17.8 Å². The van der Waals surface area contributed by atoms with Crippen molar-refractivity contribution in [1.29, 1.82) is 0 Å². The number of rotatable bonds is 7. The van der Waals surface area contributed by atoms with Gasteiger partial charge in [-0.1, -0.05) is 19.9 Å². The zero-order valence-corrected chi connectivity index (χ0v) is 14.9. The number of hydrogen-bond donors (Lipinski definition) is 1. The van der Waals surface area contributed by atoms with Gasteiger partial charge in [0.2, 0.25) is 5.91 Å². The Balaban J connectivity index is 3.24. The van der Waals surface area contributed by atoms with E-state index in [4.69, 9.17) is 9.47 Å². The normalized spacial score (nSPS) is 11.5. The van der Waals surface area contributed by atoms with Gasteiger partial charge in [0, 0.05) is 20.3 Å². The van der Waals surface area contributed by atoms with Crippen molar-refractivity contribution < 1.29 is 23.9 Å². The first kappa shape index (κ1) is 19.7. The Morgan fingerprint density at radius 3 is 2.17 bits per heavy atom. The van der Waals surface area contributed by atoms with Crippen LogP contribution in [0.25, 0.3) is 0 Å². The van der Waals surface area contributed by atoms with E-state index in [9.17, 15) is 14.4 Å². The standard InChI is InChI=1S/C18H25NO5/c1-6-14-13(10-16(18(22)23-5)19-11(3)20)8-9-17(15(14)7-2)24-12(4)21/h8-9,16H,6-7,10H2,1-5H3,(H,19,20)/t16-/m0/s1. The van der Waals surface area contributed by atoms with Gasteiger partial charge in [0.25, 0.3) is 0 Å². The molecule has 1 N–H and O–H groups in total. The molecule has 1 rings (SSSR count). The van der Waals surface area contributed by atoms with Crippen LogP contribution in [0.5, 0.6) is 5.75 Å². The van der Waals surface area contributed by atoms with Crippen LogP contribution >= 0.6 is 0 Å². The summed E-state index contributed by atoms with van der Waals surface area (Å²) in [7, 11) is 1.29. The highest BCUT2D eigenvalue weighted by Gasteiger charge is 2.23. The van der Waals surface area contributed by atoms with Gasteiger partial charge in [-0.2, -0.15) is 0 Å². The van der Waals surface area contributed by atoms with Crippen LogP contribution < -0.4 is 10.1 Å². The van der Waals surface area contributed by atoms with Gasteiger partial charge in [-0.05, 0) is 35.6 Å². The topological polar surface area (TPSA) is 81.7 Å². The predicted molar refractivity (Wildman–Crippen MR) is 89.8 cm³/mol. The molecule has 0 aliphatic rings. The lowest BCUT2D eigenvalue weighted by molar-refractivity contribution is -0.144. The molecule has 0 aliphatic heterocycles. The van der Waals surface area contributed by atoms with Gasteiger partial charge in [-0.15, -0.1) is 0 Å². The SMILES string of the molecule is CCc1c(C[C@H](NC(C)=O)C(=O)OC)ccc(OC(C)=O)c1CC. The molecule has 0 aliphatic carbocycles. The average molecular weight is 335 g/mol. The lowest BCUT2D eigenvalue weighted by atomic mass is 9.92. The maximum absolute atomic E-state index is 11.9. The van der Waals surface area contributed by atoms with Crippen molar-refractivity contribution in [2.75, 3.05) is 7.11 Å². The molecule has 0 heterocycles. The second-order valence-electron chi connectivity index (χ2n) is 5.46. The van der Waals surface area contributed by atoms with Gasteiger partial charge < -0.3 is 14.8 Å². The van der Waals surface area contributed by atoms with E-state index in [-0.39, 0.29) is 11.9 Å². The summed E-state index contributed by atoms with van der Waals surface area (Å²) < 4.78 is 10.0. The molecule has 0 saturated carbocycles. The third-order valence-electron chi connectivity index (χ3n) is 3.73. The second-order valence-corrected chi connectivity index (χ2v) is 5.46. The quantitative estimate of drug-likeness (QED) is 0.608. The number of hydrogen-bond acceptors (Lipinski definition) is 5. The molecule has 0 spiro atoms. The van der Waals surface area contributed by atoms with E-state index in [1.807, 2.05) is 19.9 Å². The van der Waals surface area contributed by atoms with Crippen LogP contribution in [0.2, 0.25) is 0 Å². The number of ether oxygens (including phenoxy) is 2. The molecular weight excluding hydrogens is 310 g/mol. The zero-order chi connectivity index (χ0) is 18.3. The van der Waals surface area contributed by atoms with E-state index in [1.54, 1.807) is 6.07 Å². The van der Waals surface area contributed by atoms with E-state index < -0.39 is 12.0 Å². The molecule has 6 nitrogen and oxygen atoms in total. The lowest BCUT2D eigenvalue weighted by Crippen LogP contribution is -2.42. The fraction of sp³-hybridized carbons (Fsp3) is 0.500. The van der Waals surface area contributed by atoms with Crippen molar-refractivity contribution in [2.45, 2.75) is 53.0 Å². The molecule has 6 heteroatoms. The first-order valence-corrected chi connectivity index (χ1v) is 8.00. The van der Waals surface area contributed by atoms with Crippen LogP contribution in [0.15, 0.2) is 12.1 Å².